The second kappa shape index (κ2) is 11.3. The molecule has 34 heavy (non-hydrogen) atoms. The Kier molecular flexibility index (Phi) is 7.71. The van der Waals surface area contributed by atoms with Crippen LogP contribution in [0.15, 0.2) is 91.0 Å². The van der Waals surface area contributed by atoms with Gasteiger partial charge < -0.3 is 15.5 Å². The van der Waals surface area contributed by atoms with E-state index in [1.807, 2.05) is 54.6 Å². The summed E-state index contributed by atoms with van der Waals surface area (Å²) in [6, 6.07) is 27.1. The van der Waals surface area contributed by atoms with Crippen molar-refractivity contribution in [2.75, 3.05) is 13.1 Å². The van der Waals surface area contributed by atoms with Crippen LogP contribution < -0.4 is 10.6 Å². The Morgan fingerprint density at radius 2 is 1.24 bits per heavy atom. The SMILES string of the molecule is O=C(NC1CCN(C(=O)C(Cc2ccccc2)NC(=O)c2ccccc2)CC1)c1ccccc1. The molecule has 0 spiro atoms. The summed E-state index contributed by atoms with van der Waals surface area (Å²) in [6.07, 6.45) is 1.77. The fourth-order valence-electron chi connectivity index (χ4n) is 4.20. The summed E-state index contributed by atoms with van der Waals surface area (Å²) < 4.78 is 0. The highest BCUT2D eigenvalue weighted by molar-refractivity contribution is 5.97. The average Bonchev–Trinajstić information content (AvgIpc) is 2.90. The lowest BCUT2D eigenvalue weighted by atomic mass is 10.0. The molecule has 1 heterocycles. The summed E-state index contributed by atoms with van der Waals surface area (Å²) in [5.74, 6) is -0.455. The number of piperidine rings is 1. The molecule has 1 fully saturated rings. The first-order chi connectivity index (χ1) is 16.6. The van der Waals surface area contributed by atoms with Gasteiger partial charge in [-0.15, -0.1) is 0 Å². The molecule has 0 aromatic heterocycles. The maximum absolute atomic E-state index is 13.4. The largest absolute Gasteiger partial charge is 0.349 e. The van der Waals surface area contributed by atoms with Gasteiger partial charge in [0.1, 0.15) is 6.04 Å². The Bertz CT molecular complexity index is 1100. The third-order valence-electron chi connectivity index (χ3n) is 6.10. The summed E-state index contributed by atoms with van der Waals surface area (Å²) in [6.45, 7) is 1.07. The maximum atomic E-state index is 13.4. The number of carbonyl (C=O) groups is 3. The van der Waals surface area contributed by atoms with E-state index >= 15 is 0 Å². The highest BCUT2D eigenvalue weighted by Gasteiger charge is 2.30. The van der Waals surface area contributed by atoms with Crippen LogP contribution >= 0.6 is 0 Å². The van der Waals surface area contributed by atoms with E-state index in [0.717, 1.165) is 5.56 Å². The van der Waals surface area contributed by atoms with Gasteiger partial charge in [-0.2, -0.15) is 0 Å². The summed E-state index contributed by atoms with van der Waals surface area (Å²) >= 11 is 0. The van der Waals surface area contributed by atoms with Gasteiger partial charge in [-0.25, -0.2) is 0 Å². The van der Waals surface area contributed by atoms with Crippen molar-refractivity contribution >= 4 is 17.7 Å². The van der Waals surface area contributed by atoms with Crippen LogP contribution in [0.1, 0.15) is 39.1 Å². The lowest BCUT2D eigenvalue weighted by molar-refractivity contribution is -0.134. The van der Waals surface area contributed by atoms with Crippen molar-refractivity contribution in [2.45, 2.75) is 31.3 Å². The molecule has 1 atom stereocenters. The lowest BCUT2D eigenvalue weighted by Crippen LogP contribution is -2.53. The minimum atomic E-state index is -0.662. The van der Waals surface area contributed by atoms with Crippen LogP contribution in [-0.2, 0) is 11.2 Å². The van der Waals surface area contributed by atoms with Crippen LogP contribution in [0.4, 0.5) is 0 Å². The number of rotatable bonds is 7. The molecule has 6 heteroatoms. The van der Waals surface area contributed by atoms with Gasteiger partial charge >= 0.3 is 0 Å². The number of likely N-dealkylation sites (tertiary alicyclic amines) is 1. The summed E-state index contributed by atoms with van der Waals surface area (Å²) in [5, 5.41) is 6.01. The lowest BCUT2D eigenvalue weighted by Gasteiger charge is -2.34. The molecule has 6 nitrogen and oxygen atoms in total. The zero-order valence-corrected chi connectivity index (χ0v) is 19.0. The van der Waals surface area contributed by atoms with Crippen LogP contribution in [0, 0.1) is 0 Å². The second-order valence-corrected chi connectivity index (χ2v) is 8.52. The fraction of sp³-hybridized carbons (Fsp3) is 0.250. The van der Waals surface area contributed by atoms with E-state index in [4.69, 9.17) is 0 Å². The van der Waals surface area contributed by atoms with E-state index in [9.17, 15) is 14.4 Å². The van der Waals surface area contributed by atoms with Crippen LogP contribution in [0.25, 0.3) is 0 Å². The van der Waals surface area contributed by atoms with E-state index in [1.54, 1.807) is 41.3 Å². The second-order valence-electron chi connectivity index (χ2n) is 8.52. The normalized spacial score (nSPS) is 14.8. The van der Waals surface area contributed by atoms with Gasteiger partial charge in [-0.3, -0.25) is 14.4 Å². The van der Waals surface area contributed by atoms with E-state index in [-0.39, 0.29) is 23.8 Å². The minimum absolute atomic E-state index is 0.0169. The predicted octanol–water partition coefficient (Wildman–Crippen LogP) is 3.45. The first-order valence-electron chi connectivity index (χ1n) is 11.6. The van der Waals surface area contributed by atoms with Gasteiger partial charge in [0, 0.05) is 36.7 Å². The molecular formula is C28H29N3O3. The zero-order valence-electron chi connectivity index (χ0n) is 19.0. The molecule has 2 N–H and O–H groups in total. The zero-order chi connectivity index (χ0) is 23.8. The number of hydrogen-bond donors (Lipinski definition) is 2. The van der Waals surface area contributed by atoms with E-state index in [2.05, 4.69) is 10.6 Å². The molecule has 3 aromatic rings. The third-order valence-corrected chi connectivity index (χ3v) is 6.10. The Morgan fingerprint density at radius 1 is 0.735 bits per heavy atom. The summed E-state index contributed by atoms with van der Waals surface area (Å²) in [7, 11) is 0. The Morgan fingerprint density at radius 3 is 1.79 bits per heavy atom. The first kappa shape index (κ1) is 23.2. The summed E-state index contributed by atoms with van der Waals surface area (Å²) in [5.41, 5.74) is 2.14. The van der Waals surface area contributed by atoms with Gasteiger partial charge in [0.05, 0.1) is 0 Å². The van der Waals surface area contributed by atoms with Gasteiger partial charge in [0.2, 0.25) is 5.91 Å². The number of hydrogen-bond acceptors (Lipinski definition) is 3. The van der Waals surface area contributed by atoms with Crippen molar-refractivity contribution in [3.63, 3.8) is 0 Å². The standard InChI is InChI=1S/C28H29N3O3/c32-26(22-12-6-2-7-13-22)29-24-16-18-31(19-17-24)28(34)25(20-21-10-4-1-5-11-21)30-27(33)23-14-8-3-9-15-23/h1-15,24-25H,16-20H2,(H,29,32)(H,30,33). The number of nitrogens with zero attached hydrogens (tertiary/aromatic N) is 1. The molecule has 0 radical (unpaired) electrons. The topological polar surface area (TPSA) is 78.5 Å². The molecule has 0 bridgehead atoms. The molecule has 1 aliphatic rings. The van der Waals surface area contributed by atoms with E-state index in [0.29, 0.717) is 43.5 Å². The van der Waals surface area contributed by atoms with Gasteiger partial charge in [0.25, 0.3) is 11.8 Å². The summed E-state index contributed by atoms with van der Waals surface area (Å²) in [4.78, 5) is 40.5. The van der Waals surface area contributed by atoms with Crippen LogP contribution in [0.2, 0.25) is 0 Å². The van der Waals surface area contributed by atoms with E-state index in [1.165, 1.54) is 0 Å². The maximum Gasteiger partial charge on any atom is 0.251 e. The van der Waals surface area contributed by atoms with Crippen molar-refractivity contribution in [3.8, 4) is 0 Å². The smallest absolute Gasteiger partial charge is 0.251 e. The molecule has 0 aliphatic carbocycles. The molecule has 1 unspecified atom stereocenters. The average molecular weight is 456 g/mol. The van der Waals surface area contributed by atoms with Gasteiger partial charge in [-0.05, 0) is 42.7 Å². The molecule has 3 amide bonds. The van der Waals surface area contributed by atoms with E-state index < -0.39 is 6.04 Å². The predicted molar refractivity (Wildman–Crippen MR) is 131 cm³/mol. The fourth-order valence-corrected chi connectivity index (χ4v) is 4.20. The number of nitrogens with one attached hydrogen (secondary N) is 2. The monoisotopic (exact) mass is 455 g/mol. The Balaban J connectivity index is 1.39. The van der Waals surface area contributed by atoms with Crippen LogP contribution in [0.3, 0.4) is 0 Å². The third kappa shape index (κ3) is 6.10. The molecule has 3 aromatic carbocycles. The van der Waals surface area contributed by atoms with Crippen molar-refractivity contribution in [2.24, 2.45) is 0 Å². The van der Waals surface area contributed by atoms with Gasteiger partial charge in [0.15, 0.2) is 0 Å². The van der Waals surface area contributed by atoms with Crippen molar-refractivity contribution < 1.29 is 14.4 Å². The molecule has 174 valence electrons. The molecule has 1 saturated heterocycles. The number of benzene rings is 3. The molecule has 1 aliphatic heterocycles. The number of carbonyl (C=O) groups excluding carboxylic acids is 3. The molecule has 4 rings (SSSR count). The quantitative estimate of drug-likeness (QED) is 0.573. The van der Waals surface area contributed by atoms with Crippen molar-refractivity contribution in [1.82, 2.24) is 15.5 Å². The van der Waals surface area contributed by atoms with Gasteiger partial charge in [-0.1, -0.05) is 66.7 Å². The van der Waals surface area contributed by atoms with Crippen molar-refractivity contribution in [3.05, 3.63) is 108 Å². The minimum Gasteiger partial charge on any atom is -0.349 e. The highest BCUT2D eigenvalue weighted by atomic mass is 16.2. The number of amides is 3. The Labute approximate surface area is 200 Å². The van der Waals surface area contributed by atoms with Crippen molar-refractivity contribution in [1.29, 1.82) is 0 Å². The molecular weight excluding hydrogens is 426 g/mol. The highest BCUT2D eigenvalue weighted by Crippen LogP contribution is 2.15. The first-order valence-corrected chi connectivity index (χ1v) is 11.6. The molecule has 0 saturated carbocycles. The van der Waals surface area contributed by atoms with Crippen LogP contribution in [-0.4, -0.2) is 47.8 Å². The Hall–Kier alpha value is -3.93. The van der Waals surface area contributed by atoms with Crippen LogP contribution in [0.5, 0.6) is 0 Å².